The largest absolute Gasteiger partial charge is 0.483 e. The first kappa shape index (κ1) is 15.4. The number of hydrogen-bond acceptors (Lipinski definition) is 3. The van der Waals surface area contributed by atoms with Gasteiger partial charge >= 0.3 is 0 Å². The molecule has 0 unspecified atom stereocenters. The van der Waals surface area contributed by atoms with Crippen LogP contribution in [0, 0.1) is 0 Å². The normalized spacial score (nSPS) is 17.1. The number of carbonyl (C=O) groups excluding carboxylic acids is 2. The van der Waals surface area contributed by atoms with Gasteiger partial charge in [-0.25, -0.2) is 0 Å². The zero-order valence-corrected chi connectivity index (χ0v) is 13.0. The van der Waals surface area contributed by atoms with Gasteiger partial charge in [0.1, 0.15) is 5.75 Å². The summed E-state index contributed by atoms with van der Waals surface area (Å²) in [6.45, 7) is 3.64. The number of amides is 2. The van der Waals surface area contributed by atoms with Gasteiger partial charge in [-0.05, 0) is 31.9 Å². The number of likely N-dealkylation sites (N-methyl/N-ethyl adjacent to an activating group) is 1. The van der Waals surface area contributed by atoms with Crippen molar-refractivity contribution in [1.82, 2.24) is 4.90 Å². The molecular formula is C16H22N2O3. The van der Waals surface area contributed by atoms with Gasteiger partial charge in [-0.2, -0.15) is 0 Å². The summed E-state index contributed by atoms with van der Waals surface area (Å²) in [5.41, 5.74) is 1.91. The molecule has 0 radical (unpaired) electrons. The summed E-state index contributed by atoms with van der Waals surface area (Å²) in [7, 11) is 3.40. The van der Waals surface area contributed by atoms with Crippen molar-refractivity contribution in [3.63, 3.8) is 0 Å². The molecule has 114 valence electrons. The number of hydrogen-bond donors (Lipinski definition) is 0. The van der Waals surface area contributed by atoms with Crippen LogP contribution in [-0.2, 0) is 16.0 Å². The number of anilines is 1. The fourth-order valence-electron chi connectivity index (χ4n) is 2.63. The number of nitrogens with zero attached hydrogens (tertiary/aromatic N) is 2. The zero-order valence-electron chi connectivity index (χ0n) is 13.0. The molecule has 2 amide bonds. The Morgan fingerprint density at radius 3 is 2.71 bits per heavy atom. The molecule has 1 aromatic carbocycles. The topological polar surface area (TPSA) is 49.9 Å². The minimum atomic E-state index is -0.0831. The lowest BCUT2D eigenvalue weighted by molar-refractivity contribution is -0.130. The van der Waals surface area contributed by atoms with Crippen molar-refractivity contribution in [3.05, 3.63) is 23.8 Å². The summed E-state index contributed by atoms with van der Waals surface area (Å²) in [6.07, 6.45) is 1.75. The second-order valence-electron chi connectivity index (χ2n) is 5.61. The highest BCUT2D eigenvalue weighted by atomic mass is 16.5. The van der Waals surface area contributed by atoms with Crippen molar-refractivity contribution < 1.29 is 14.3 Å². The zero-order chi connectivity index (χ0) is 15.6. The second kappa shape index (κ2) is 6.16. The minimum Gasteiger partial charge on any atom is -0.483 e. The number of rotatable bonds is 3. The summed E-state index contributed by atoms with van der Waals surface area (Å²) in [5.74, 6) is 0.644. The van der Waals surface area contributed by atoms with Crippen LogP contribution in [0.1, 0.15) is 25.8 Å². The fraction of sp³-hybridized carbons (Fsp3) is 0.500. The second-order valence-corrected chi connectivity index (χ2v) is 5.61. The molecule has 0 spiro atoms. The SMILES string of the molecule is CC(=O)N1c2cccc(OCC(=O)N(C)C)c2CC[C@@H]1C. The van der Waals surface area contributed by atoms with Crippen molar-refractivity contribution in [2.45, 2.75) is 32.7 Å². The van der Waals surface area contributed by atoms with Gasteiger partial charge in [-0.3, -0.25) is 9.59 Å². The van der Waals surface area contributed by atoms with Crippen molar-refractivity contribution in [1.29, 1.82) is 0 Å². The van der Waals surface area contributed by atoms with Crippen LogP contribution in [0.5, 0.6) is 5.75 Å². The van der Waals surface area contributed by atoms with E-state index in [9.17, 15) is 9.59 Å². The summed E-state index contributed by atoms with van der Waals surface area (Å²) in [6, 6.07) is 5.85. The van der Waals surface area contributed by atoms with E-state index in [1.165, 1.54) is 4.90 Å². The Balaban J connectivity index is 2.26. The first-order valence-corrected chi connectivity index (χ1v) is 7.16. The monoisotopic (exact) mass is 290 g/mol. The number of benzene rings is 1. The van der Waals surface area contributed by atoms with Crippen LogP contribution in [0.3, 0.4) is 0 Å². The highest BCUT2D eigenvalue weighted by Crippen LogP contribution is 2.36. The van der Waals surface area contributed by atoms with Gasteiger partial charge in [0.2, 0.25) is 5.91 Å². The summed E-state index contributed by atoms with van der Waals surface area (Å²) >= 11 is 0. The molecule has 21 heavy (non-hydrogen) atoms. The molecule has 0 aromatic heterocycles. The molecular weight excluding hydrogens is 268 g/mol. The first-order valence-electron chi connectivity index (χ1n) is 7.16. The van der Waals surface area contributed by atoms with E-state index in [0.29, 0.717) is 5.75 Å². The van der Waals surface area contributed by atoms with E-state index in [4.69, 9.17) is 4.74 Å². The average molecular weight is 290 g/mol. The Labute approximate surface area is 125 Å². The average Bonchev–Trinajstić information content (AvgIpc) is 2.43. The third kappa shape index (κ3) is 3.17. The Morgan fingerprint density at radius 2 is 2.10 bits per heavy atom. The lowest BCUT2D eigenvalue weighted by Crippen LogP contribution is -2.40. The Bertz CT molecular complexity index is 554. The standard InChI is InChI=1S/C16H22N2O3/c1-11-8-9-13-14(18(11)12(2)19)6-5-7-15(13)21-10-16(20)17(3)4/h5-7,11H,8-10H2,1-4H3/t11-/m0/s1. The van der Waals surface area contributed by atoms with Crippen LogP contribution in [0.25, 0.3) is 0 Å². The van der Waals surface area contributed by atoms with Crippen molar-refractivity contribution >= 4 is 17.5 Å². The predicted molar refractivity (Wildman–Crippen MR) is 81.6 cm³/mol. The molecule has 2 rings (SSSR count). The third-order valence-electron chi connectivity index (χ3n) is 3.81. The predicted octanol–water partition coefficient (Wildman–Crippen LogP) is 1.84. The molecule has 0 saturated heterocycles. The number of carbonyl (C=O) groups is 2. The van der Waals surface area contributed by atoms with Crippen LogP contribution in [0.2, 0.25) is 0 Å². The molecule has 1 aliphatic heterocycles. The molecule has 0 aliphatic carbocycles. The number of fused-ring (bicyclic) bond motifs is 1. The van der Waals surface area contributed by atoms with Crippen LogP contribution >= 0.6 is 0 Å². The lowest BCUT2D eigenvalue weighted by Gasteiger charge is -2.35. The molecule has 5 nitrogen and oxygen atoms in total. The summed E-state index contributed by atoms with van der Waals surface area (Å²) in [4.78, 5) is 26.8. The molecule has 1 heterocycles. The van der Waals surface area contributed by atoms with E-state index in [1.54, 1.807) is 25.9 Å². The molecule has 1 atom stereocenters. The number of ether oxygens (including phenoxy) is 1. The quantitative estimate of drug-likeness (QED) is 0.853. The maximum atomic E-state index is 11.9. The molecule has 0 fully saturated rings. The highest BCUT2D eigenvalue weighted by Gasteiger charge is 2.28. The van der Waals surface area contributed by atoms with E-state index in [-0.39, 0.29) is 24.5 Å². The molecule has 0 N–H and O–H groups in total. The molecule has 0 saturated carbocycles. The van der Waals surface area contributed by atoms with Crippen LogP contribution in [0.4, 0.5) is 5.69 Å². The Morgan fingerprint density at radius 1 is 1.38 bits per heavy atom. The van der Waals surface area contributed by atoms with E-state index in [2.05, 4.69) is 0 Å². The Hall–Kier alpha value is -2.04. The van der Waals surface area contributed by atoms with E-state index >= 15 is 0 Å². The minimum absolute atomic E-state index is 0.0130. The van der Waals surface area contributed by atoms with Gasteiger partial charge in [0.05, 0.1) is 5.69 Å². The summed E-state index contributed by atoms with van der Waals surface area (Å²) in [5, 5.41) is 0. The molecule has 0 bridgehead atoms. The van der Waals surface area contributed by atoms with Crippen LogP contribution in [-0.4, -0.2) is 43.5 Å². The Kier molecular flexibility index (Phi) is 4.50. The maximum absolute atomic E-state index is 11.9. The van der Waals surface area contributed by atoms with E-state index < -0.39 is 0 Å². The lowest BCUT2D eigenvalue weighted by atomic mass is 9.95. The maximum Gasteiger partial charge on any atom is 0.259 e. The molecule has 5 heteroatoms. The van der Waals surface area contributed by atoms with Gasteiger partial charge in [0.15, 0.2) is 6.61 Å². The van der Waals surface area contributed by atoms with Crippen LogP contribution in [0.15, 0.2) is 18.2 Å². The van der Waals surface area contributed by atoms with Crippen molar-refractivity contribution in [2.75, 3.05) is 25.6 Å². The van der Waals surface area contributed by atoms with Crippen molar-refractivity contribution in [3.8, 4) is 5.75 Å². The first-order chi connectivity index (χ1) is 9.91. The third-order valence-corrected chi connectivity index (χ3v) is 3.81. The van der Waals surface area contributed by atoms with E-state index in [1.807, 2.05) is 25.1 Å². The van der Waals surface area contributed by atoms with Gasteiger partial charge < -0.3 is 14.5 Å². The fourth-order valence-corrected chi connectivity index (χ4v) is 2.63. The van der Waals surface area contributed by atoms with Gasteiger partial charge in [-0.15, -0.1) is 0 Å². The smallest absolute Gasteiger partial charge is 0.259 e. The molecule has 1 aliphatic rings. The summed E-state index contributed by atoms with van der Waals surface area (Å²) < 4.78 is 5.66. The van der Waals surface area contributed by atoms with Crippen LogP contribution < -0.4 is 9.64 Å². The van der Waals surface area contributed by atoms with Gasteiger partial charge in [0.25, 0.3) is 5.91 Å². The highest BCUT2D eigenvalue weighted by molar-refractivity contribution is 5.94. The van der Waals surface area contributed by atoms with Gasteiger partial charge in [-0.1, -0.05) is 6.07 Å². The van der Waals surface area contributed by atoms with Gasteiger partial charge in [0, 0.05) is 32.6 Å². The molecule has 1 aromatic rings. The van der Waals surface area contributed by atoms with Crippen molar-refractivity contribution in [2.24, 2.45) is 0 Å². The van der Waals surface area contributed by atoms with E-state index in [0.717, 1.165) is 24.1 Å².